The van der Waals surface area contributed by atoms with E-state index >= 15 is 0 Å². The number of benzene rings is 1. The summed E-state index contributed by atoms with van der Waals surface area (Å²) >= 11 is 0. The van der Waals surface area contributed by atoms with Gasteiger partial charge < -0.3 is 10.6 Å². The fourth-order valence-corrected chi connectivity index (χ4v) is 3.77. The van der Waals surface area contributed by atoms with E-state index in [9.17, 15) is 26.4 Å². The molecule has 1 saturated heterocycles. The van der Waals surface area contributed by atoms with E-state index in [0.29, 0.717) is 0 Å². The quantitative estimate of drug-likeness (QED) is 0.874. The summed E-state index contributed by atoms with van der Waals surface area (Å²) in [5.41, 5.74) is -1.33. The molecule has 2 amide bonds. The van der Waals surface area contributed by atoms with Gasteiger partial charge in [-0.1, -0.05) is 12.1 Å². The summed E-state index contributed by atoms with van der Waals surface area (Å²) in [5, 5.41) is 4.47. The molecule has 1 aliphatic heterocycles. The minimum Gasteiger partial charge on any atom is -0.334 e. The Balaban J connectivity index is 2.04. The Kier molecular flexibility index (Phi) is 4.13. The van der Waals surface area contributed by atoms with Crippen LogP contribution >= 0.6 is 0 Å². The first kappa shape index (κ1) is 15.6. The van der Waals surface area contributed by atoms with Crippen molar-refractivity contribution in [3.63, 3.8) is 0 Å². The van der Waals surface area contributed by atoms with E-state index < -0.39 is 33.6 Å². The van der Waals surface area contributed by atoms with Crippen LogP contribution in [0.1, 0.15) is 12.0 Å². The molecule has 0 aliphatic carbocycles. The van der Waals surface area contributed by atoms with Crippen molar-refractivity contribution in [1.82, 2.24) is 5.32 Å². The molecule has 5 nitrogen and oxygen atoms in total. The number of anilines is 1. The Morgan fingerprint density at radius 1 is 1.24 bits per heavy atom. The number of rotatable bonds is 2. The smallest absolute Gasteiger partial charge is 0.334 e. The lowest BCUT2D eigenvalue weighted by atomic mass is 10.1. The second kappa shape index (κ2) is 5.55. The van der Waals surface area contributed by atoms with Crippen LogP contribution < -0.4 is 10.6 Å². The highest BCUT2D eigenvalue weighted by Gasteiger charge is 2.34. The molecule has 116 valence electrons. The molecule has 1 unspecified atom stereocenters. The van der Waals surface area contributed by atoms with E-state index in [4.69, 9.17) is 0 Å². The Bertz CT molecular complexity index is 643. The third-order valence-electron chi connectivity index (χ3n) is 3.05. The van der Waals surface area contributed by atoms with Crippen LogP contribution in [-0.2, 0) is 16.0 Å². The van der Waals surface area contributed by atoms with E-state index in [1.807, 2.05) is 0 Å². The summed E-state index contributed by atoms with van der Waals surface area (Å²) in [7, 11) is -3.17. The van der Waals surface area contributed by atoms with Crippen LogP contribution in [0.25, 0.3) is 0 Å². The number of urea groups is 1. The van der Waals surface area contributed by atoms with Gasteiger partial charge in [0.25, 0.3) is 0 Å². The van der Waals surface area contributed by atoms with Gasteiger partial charge in [0.15, 0.2) is 9.84 Å². The number of hydrogen-bond donors (Lipinski definition) is 2. The number of hydrogen-bond acceptors (Lipinski definition) is 3. The van der Waals surface area contributed by atoms with Gasteiger partial charge in [0.05, 0.1) is 22.8 Å². The minimum atomic E-state index is -4.58. The first-order valence-corrected chi connectivity index (χ1v) is 7.94. The van der Waals surface area contributed by atoms with Crippen molar-refractivity contribution in [3.8, 4) is 0 Å². The molecule has 0 bridgehead atoms. The Labute approximate surface area is 119 Å². The number of alkyl halides is 3. The Morgan fingerprint density at radius 2 is 1.90 bits per heavy atom. The van der Waals surface area contributed by atoms with Crippen molar-refractivity contribution < 1.29 is 26.4 Å². The fourth-order valence-electron chi connectivity index (χ4n) is 2.09. The number of carbonyl (C=O) groups is 1. The van der Waals surface area contributed by atoms with Crippen molar-refractivity contribution in [2.75, 3.05) is 16.8 Å². The third-order valence-corrected chi connectivity index (χ3v) is 4.82. The predicted octanol–water partition coefficient (Wildman–Crippen LogP) is 2.01. The molecule has 0 radical (unpaired) electrons. The molecule has 1 fully saturated rings. The number of carbonyl (C=O) groups excluding carboxylic acids is 1. The molecule has 9 heteroatoms. The van der Waals surface area contributed by atoms with Gasteiger partial charge in [-0.2, -0.15) is 13.2 Å². The first-order chi connectivity index (χ1) is 9.67. The van der Waals surface area contributed by atoms with E-state index in [-0.39, 0.29) is 23.6 Å². The van der Waals surface area contributed by atoms with Crippen molar-refractivity contribution in [2.24, 2.45) is 0 Å². The van der Waals surface area contributed by atoms with Gasteiger partial charge in [0, 0.05) is 6.04 Å². The van der Waals surface area contributed by atoms with Crippen molar-refractivity contribution >= 4 is 21.6 Å². The van der Waals surface area contributed by atoms with Gasteiger partial charge in [-0.15, -0.1) is 0 Å². The number of nitrogens with one attached hydrogen (secondary N) is 2. The van der Waals surface area contributed by atoms with Crippen LogP contribution in [0.15, 0.2) is 24.3 Å². The molecular weight excluding hydrogens is 309 g/mol. The topological polar surface area (TPSA) is 75.3 Å². The third kappa shape index (κ3) is 4.10. The largest absolute Gasteiger partial charge is 0.418 e. The highest BCUT2D eigenvalue weighted by Crippen LogP contribution is 2.34. The molecule has 21 heavy (non-hydrogen) atoms. The molecule has 0 saturated carbocycles. The van der Waals surface area contributed by atoms with Gasteiger partial charge in [-0.25, -0.2) is 13.2 Å². The molecule has 0 aromatic heterocycles. The van der Waals surface area contributed by atoms with Gasteiger partial charge in [0.1, 0.15) is 0 Å². The van der Waals surface area contributed by atoms with Gasteiger partial charge in [-0.05, 0) is 18.6 Å². The number of para-hydroxylation sites is 1. The molecule has 2 rings (SSSR count). The van der Waals surface area contributed by atoms with Gasteiger partial charge >= 0.3 is 12.2 Å². The van der Waals surface area contributed by atoms with E-state index in [2.05, 4.69) is 10.6 Å². The zero-order chi connectivity index (χ0) is 15.7. The lowest BCUT2D eigenvalue weighted by Crippen LogP contribution is -2.38. The number of amides is 2. The van der Waals surface area contributed by atoms with Crippen molar-refractivity contribution in [2.45, 2.75) is 18.6 Å². The van der Waals surface area contributed by atoms with E-state index in [0.717, 1.165) is 12.1 Å². The summed E-state index contributed by atoms with van der Waals surface area (Å²) in [6, 6.07) is 3.14. The standard InChI is InChI=1S/C12H13F3N2O3S/c13-12(14,15)9-3-1-2-4-10(9)17-11(18)16-8-5-6-21(19,20)7-8/h1-4,8H,5-7H2,(H2,16,17,18). The van der Waals surface area contributed by atoms with Crippen LogP contribution in [0.2, 0.25) is 0 Å². The maximum absolute atomic E-state index is 12.8. The monoisotopic (exact) mass is 322 g/mol. The molecule has 1 atom stereocenters. The molecule has 2 N–H and O–H groups in total. The van der Waals surface area contributed by atoms with E-state index in [1.54, 1.807) is 0 Å². The predicted molar refractivity (Wildman–Crippen MR) is 70.7 cm³/mol. The zero-order valence-electron chi connectivity index (χ0n) is 10.8. The average molecular weight is 322 g/mol. The summed E-state index contributed by atoms with van der Waals surface area (Å²) in [6.45, 7) is 0. The molecule has 1 aromatic carbocycles. The summed E-state index contributed by atoms with van der Waals surface area (Å²) < 4.78 is 60.8. The maximum Gasteiger partial charge on any atom is 0.418 e. The van der Waals surface area contributed by atoms with Crippen molar-refractivity contribution in [1.29, 1.82) is 0 Å². The fraction of sp³-hybridized carbons (Fsp3) is 0.417. The van der Waals surface area contributed by atoms with Gasteiger partial charge in [0.2, 0.25) is 0 Å². The molecule has 1 aromatic rings. The maximum atomic E-state index is 12.8. The van der Waals surface area contributed by atoms with Gasteiger partial charge in [-0.3, -0.25) is 0 Å². The summed E-state index contributed by atoms with van der Waals surface area (Å²) in [5.74, 6) is -0.224. The lowest BCUT2D eigenvalue weighted by molar-refractivity contribution is -0.136. The van der Waals surface area contributed by atoms with Crippen LogP contribution in [0, 0.1) is 0 Å². The Hall–Kier alpha value is -1.77. The Morgan fingerprint density at radius 3 is 2.48 bits per heavy atom. The SMILES string of the molecule is O=C(Nc1ccccc1C(F)(F)F)NC1CCS(=O)(=O)C1. The van der Waals surface area contributed by atoms with Crippen LogP contribution in [0.5, 0.6) is 0 Å². The minimum absolute atomic E-state index is 0.0307. The average Bonchev–Trinajstić information content (AvgIpc) is 2.67. The highest BCUT2D eigenvalue weighted by molar-refractivity contribution is 7.91. The summed E-state index contributed by atoms with van der Waals surface area (Å²) in [6.07, 6.45) is -4.32. The van der Waals surface area contributed by atoms with Crippen LogP contribution in [0.4, 0.5) is 23.7 Å². The lowest BCUT2D eigenvalue weighted by Gasteiger charge is -2.15. The normalized spacial score (nSPS) is 21.0. The molecule has 0 spiro atoms. The summed E-state index contributed by atoms with van der Waals surface area (Å²) in [4.78, 5) is 11.7. The number of sulfone groups is 1. The molecule has 1 heterocycles. The van der Waals surface area contributed by atoms with Crippen molar-refractivity contribution in [3.05, 3.63) is 29.8 Å². The van der Waals surface area contributed by atoms with Crippen LogP contribution in [-0.4, -0.2) is 32.0 Å². The zero-order valence-corrected chi connectivity index (χ0v) is 11.6. The van der Waals surface area contributed by atoms with E-state index in [1.165, 1.54) is 12.1 Å². The molecule has 1 aliphatic rings. The highest BCUT2D eigenvalue weighted by atomic mass is 32.2. The molecular formula is C12H13F3N2O3S. The first-order valence-electron chi connectivity index (χ1n) is 6.11. The van der Waals surface area contributed by atoms with Crippen LogP contribution in [0.3, 0.4) is 0 Å². The number of halogens is 3. The second-order valence-electron chi connectivity index (χ2n) is 4.74. The second-order valence-corrected chi connectivity index (χ2v) is 6.97.